The molecule has 0 saturated heterocycles. The van der Waals surface area contributed by atoms with Crippen molar-refractivity contribution in [1.82, 2.24) is 0 Å². The van der Waals surface area contributed by atoms with E-state index in [0.717, 1.165) is 44.1 Å². The summed E-state index contributed by atoms with van der Waals surface area (Å²) >= 11 is 0. The molecule has 1 N–H and O–H groups in total. The molecule has 6 heteroatoms. The number of carboxylic acids is 1. The number of allylic oxidation sites excluding steroid dienone is 3. The van der Waals surface area contributed by atoms with Gasteiger partial charge in [-0.3, -0.25) is 14.4 Å². The largest absolute Gasteiger partial charge is 0.478 e. The van der Waals surface area contributed by atoms with Gasteiger partial charge in [0.1, 0.15) is 0 Å². The predicted molar refractivity (Wildman–Crippen MR) is 148 cm³/mol. The van der Waals surface area contributed by atoms with Gasteiger partial charge in [0.2, 0.25) is 0 Å². The van der Waals surface area contributed by atoms with Gasteiger partial charge in [0.25, 0.3) is 0 Å². The number of hydrogen-bond acceptors (Lipinski definition) is 5. The molecule has 0 bridgehead atoms. The number of carboxylic acid groups (broad SMARTS) is 1. The molecule has 5 aliphatic carbocycles. The summed E-state index contributed by atoms with van der Waals surface area (Å²) in [6, 6.07) is 0. The zero-order valence-corrected chi connectivity index (χ0v) is 25.0. The molecular formula is C33H46O6. The molecule has 0 aromatic carbocycles. The molecule has 0 radical (unpaired) electrons. The summed E-state index contributed by atoms with van der Waals surface area (Å²) in [5, 5.41) is 9.98. The summed E-state index contributed by atoms with van der Waals surface area (Å²) in [7, 11) is 0. The van der Waals surface area contributed by atoms with E-state index in [-0.39, 0.29) is 57.1 Å². The van der Waals surface area contributed by atoms with Gasteiger partial charge in [0, 0.05) is 16.7 Å². The highest BCUT2D eigenvalue weighted by Gasteiger charge is 2.71. The van der Waals surface area contributed by atoms with Gasteiger partial charge in [-0.15, -0.1) is 0 Å². The second-order valence-electron chi connectivity index (χ2n) is 15.3. The first kappa shape index (κ1) is 28.3. The van der Waals surface area contributed by atoms with Crippen LogP contribution in [0.3, 0.4) is 0 Å². The molecule has 7 atom stereocenters. The fraction of sp³-hybridized carbons (Fsp3) is 0.758. The fourth-order valence-corrected chi connectivity index (χ4v) is 10.3. The first-order valence-electron chi connectivity index (χ1n) is 14.9. The Labute approximate surface area is 233 Å². The number of fused-ring (bicyclic) bond motifs is 7. The maximum atomic E-state index is 14.4. The number of ketones is 2. The van der Waals surface area contributed by atoms with Crippen molar-refractivity contribution in [2.75, 3.05) is 6.61 Å². The van der Waals surface area contributed by atoms with E-state index in [0.29, 0.717) is 13.0 Å². The van der Waals surface area contributed by atoms with E-state index in [9.17, 15) is 24.3 Å². The average molecular weight is 539 g/mol. The van der Waals surface area contributed by atoms with Crippen molar-refractivity contribution in [3.05, 3.63) is 23.3 Å². The van der Waals surface area contributed by atoms with Crippen molar-refractivity contribution in [3.8, 4) is 0 Å². The molecule has 0 unspecified atom stereocenters. The molecule has 0 aromatic heterocycles. The number of hydrogen-bond donors (Lipinski definition) is 1. The summed E-state index contributed by atoms with van der Waals surface area (Å²) in [6.45, 7) is 17.0. The monoisotopic (exact) mass is 538 g/mol. The van der Waals surface area contributed by atoms with Crippen LogP contribution in [-0.4, -0.2) is 35.2 Å². The highest BCUT2D eigenvalue weighted by molar-refractivity contribution is 6.19. The minimum atomic E-state index is -1.20. The van der Waals surface area contributed by atoms with Crippen LogP contribution in [0.1, 0.15) is 100 Å². The molecule has 5 rings (SSSR count). The van der Waals surface area contributed by atoms with Crippen LogP contribution in [0.5, 0.6) is 0 Å². The molecule has 0 aliphatic heterocycles. The van der Waals surface area contributed by atoms with Crippen molar-refractivity contribution in [2.24, 2.45) is 50.2 Å². The van der Waals surface area contributed by atoms with E-state index in [4.69, 9.17) is 4.74 Å². The van der Waals surface area contributed by atoms with E-state index in [1.165, 1.54) is 0 Å². The SMILES string of the molecule is CCOC(=O)[C@]12CCC(C)(C)C[C@H]1[C@H]1C(=O)C=C3[C@@]4(C)C=C(C(=O)O)C(=O)C(C)(C)[C@@H]4CC[C@@]3(C)[C@]1(C)CC2. The van der Waals surface area contributed by atoms with Crippen molar-refractivity contribution in [1.29, 1.82) is 0 Å². The number of carbonyl (C=O) groups is 4. The maximum Gasteiger partial charge on any atom is 0.339 e. The number of rotatable bonds is 3. The lowest BCUT2D eigenvalue weighted by atomic mass is 9.34. The Bertz CT molecular complexity index is 1220. The van der Waals surface area contributed by atoms with Gasteiger partial charge < -0.3 is 9.84 Å². The minimum absolute atomic E-state index is 0.0284. The number of Topliss-reactive ketones (excluding diaryl/α,β-unsaturated/α-hetero) is 1. The lowest BCUT2D eigenvalue weighted by Crippen LogP contribution is -2.66. The third kappa shape index (κ3) is 3.51. The quantitative estimate of drug-likeness (QED) is 0.333. The van der Waals surface area contributed by atoms with Crippen LogP contribution in [0.2, 0.25) is 0 Å². The van der Waals surface area contributed by atoms with Crippen LogP contribution in [0, 0.1) is 50.2 Å². The van der Waals surface area contributed by atoms with E-state index in [1.54, 1.807) is 6.08 Å². The summed E-state index contributed by atoms with van der Waals surface area (Å²) in [6.07, 6.45) is 9.04. The number of carbonyl (C=O) groups excluding carboxylic acids is 3. The fourth-order valence-electron chi connectivity index (χ4n) is 10.3. The summed E-state index contributed by atoms with van der Waals surface area (Å²) in [4.78, 5) is 53.5. The van der Waals surface area contributed by atoms with Gasteiger partial charge in [-0.25, -0.2) is 4.79 Å². The Hall–Kier alpha value is -2.24. The van der Waals surface area contributed by atoms with Crippen molar-refractivity contribution in [3.63, 3.8) is 0 Å². The Kier molecular flexibility index (Phi) is 6.09. The maximum absolute atomic E-state index is 14.4. The Morgan fingerprint density at radius 1 is 0.974 bits per heavy atom. The first-order chi connectivity index (χ1) is 17.9. The molecule has 6 nitrogen and oxygen atoms in total. The van der Waals surface area contributed by atoms with Gasteiger partial charge in [0.15, 0.2) is 11.6 Å². The third-order valence-electron chi connectivity index (χ3n) is 12.7. The predicted octanol–water partition coefficient (Wildman–Crippen LogP) is 6.33. The van der Waals surface area contributed by atoms with E-state index in [2.05, 4.69) is 27.7 Å². The zero-order valence-electron chi connectivity index (χ0n) is 25.0. The third-order valence-corrected chi connectivity index (χ3v) is 12.7. The number of aliphatic carboxylic acids is 1. The second kappa shape index (κ2) is 8.39. The standard InChI is InChI=1S/C33H46O6/c1-9-39-27(38)33-14-12-28(2,3)18-20(33)24-21(34)16-23-30(6)17-19(26(36)37)25(35)29(4,5)22(30)10-11-31(23,7)32(24,8)13-15-33/h16-17,20,22,24H,9-15,18H2,1-8H3,(H,36,37)/t20-,22-,24-,30-,31+,32+,33-/m0/s1. The summed E-state index contributed by atoms with van der Waals surface area (Å²) in [5.74, 6) is -2.10. The molecule has 3 fully saturated rings. The molecule has 39 heavy (non-hydrogen) atoms. The van der Waals surface area contributed by atoms with Gasteiger partial charge in [-0.05, 0) is 86.0 Å². The van der Waals surface area contributed by atoms with Crippen molar-refractivity contribution >= 4 is 23.5 Å². The Morgan fingerprint density at radius 2 is 1.62 bits per heavy atom. The van der Waals surface area contributed by atoms with Gasteiger partial charge in [0.05, 0.1) is 17.6 Å². The number of esters is 1. The zero-order chi connectivity index (χ0) is 29.0. The van der Waals surface area contributed by atoms with Crippen LogP contribution in [0.15, 0.2) is 23.3 Å². The van der Waals surface area contributed by atoms with Crippen molar-refractivity contribution < 1.29 is 29.0 Å². The average Bonchev–Trinajstić information content (AvgIpc) is 2.82. The van der Waals surface area contributed by atoms with Gasteiger partial charge >= 0.3 is 11.9 Å². The van der Waals surface area contributed by atoms with Gasteiger partial charge in [-0.1, -0.05) is 60.1 Å². The van der Waals surface area contributed by atoms with Crippen LogP contribution >= 0.6 is 0 Å². The topological polar surface area (TPSA) is 97.7 Å². The van der Waals surface area contributed by atoms with Crippen LogP contribution in [0.4, 0.5) is 0 Å². The number of ether oxygens (including phenoxy) is 1. The van der Waals surface area contributed by atoms with Crippen LogP contribution in [0.25, 0.3) is 0 Å². The van der Waals surface area contributed by atoms with Crippen LogP contribution in [-0.2, 0) is 23.9 Å². The molecule has 0 aromatic rings. The van der Waals surface area contributed by atoms with E-state index < -0.39 is 22.2 Å². The van der Waals surface area contributed by atoms with Crippen LogP contribution < -0.4 is 0 Å². The minimum Gasteiger partial charge on any atom is -0.478 e. The highest BCUT2D eigenvalue weighted by Crippen LogP contribution is 2.74. The lowest BCUT2D eigenvalue weighted by Gasteiger charge is -2.68. The Morgan fingerprint density at radius 3 is 2.23 bits per heavy atom. The normalized spacial score (nSPS) is 44.1. The first-order valence-corrected chi connectivity index (χ1v) is 14.9. The lowest BCUT2D eigenvalue weighted by molar-refractivity contribution is -0.192. The van der Waals surface area contributed by atoms with Crippen molar-refractivity contribution in [2.45, 2.75) is 100 Å². The highest BCUT2D eigenvalue weighted by atomic mass is 16.5. The summed E-state index contributed by atoms with van der Waals surface area (Å²) in [5.41, 5.74) is -2.11. The molecule has 5 aliphatic rings. The summed E-state index contributed by atoms with van der Waals surface area (Å²) < 4.78 is 5.68. The molecular weight excluding hydrogens is 492 g/mol. The molecule has 0 amide bonds. The van der Waals surface area contributed by atoms with E-state index >= 15 is 0 Å². The van der Waals surface area contributed by atoms with Gasteiger partial charge in [-0.2, -0.15) is 0 Å². The molecule has 0 heterocycles. The Balaban J connectivity index is 1.70. The second-order valence-corrected chi connectivity index (χ2v) is 15.3. The molecule has 0 spiro atoms. The molecule has 214 valence electrons. The molecule has 3 saturated carbocycles. The van der Waals surface area contributed by atoms with E-state index in [1.807, 2.05) is 33.8 Å². The smallest absolute Gasteiger partial charge is 0.339 e.